The van der Waals surface area contributed by atoms with Crippen LogP contribution in [0.2, 0.25) is 0 Å². The molecule has 102 valence electrons. The van der Waals surface area contributed by atoms with Gasteiger partial charge in [0.25, 0.3) is 0 Å². The van der Waals surface area contributed by atoms with E-state index < -0.39 is 0 Å². The lowest BCUT2D eigenvalue weighted by molar-refractivity contribution is 0.155. The van der Waals surface area contributed by atoms with Gasteiger partial charge in [-0.1, -0.05) is 6.07 Å². The van der Waals surface area contributed by atoms with Crippen LogP contribution < -0.4 is 0 Å². The maximum atomic E-state index is 4.58. The van der Waals surface area contributed by atoms with Crippen molar-refractivity contribution in [2.24, 2.45) is 0 Å². The largest absolute Gasteiger partial charge is 0.304 e. The van der Waals surface area contributed by atoms with Gasteiger partial charge >= 0.3 is 0 Å². The normalized spacial score (nSPS) is 18.2. The average Bonchev–Trinajstić information content (AvgIpc) is 2.83. The number of rotatable bonds is 3. The molecule has 0 unspecified atom stereocenters. The zero-order valence-electron chi connectivity index (χ0n) is 11.8. The molecule has 0 bridgehead atoms. The minimum absolute atomic E-state index is 1.03. The standard InChI is InChI=1S/C15H22N4/c1-13-4-3-5-14-12-16-15(19(13)14)6-7-18-10-8-17(2)9-11-18/h3-5,12H,6-11H2,1-2H3. The summed E-state index contributed by atoms with van der Waals surface area (Å²) in [4.78, 5) is 9.52. The predicted octanol–water partition coefficient (Wildman–Crippen LogP) is 1.43. The Morgan fingerprint density at radius 1 is 1.16 bits per heavy atom. The highest BCUT2D eigenvalue weighted by Gasteiger charge is 2.14. The van der Waals surface area contributed by atoms with Crippen molar-refractivity contribution in [3.63, 3.8) is 0 Å². The second kappa shape index (κ2) is 5.31. The van der Waals surface area contributed by atoms with Gasteiger partial charge in [0.05, 0.1) is 11.7 Å². The molecule has 1 aliphatic heterocycles. The number of hydrogen-bond donors (Lipinski definition) is 0. The van der Waals surface area contributed by atoms with Crippen LogP contribution in [-0.2, 0) is 6.42 Å². The third-order valence-corrected chi connectivity index (χ3v) is 4.07. The van der Waals surface area contributed by atoms with Gasteiger partial charge in [-0.2, -0.15) is 0 Å². The van der Waals surface area contributed by atoms with Crippen LogP contribution in [-0.4, -0.2) is 59.0 Å². The molecular formula is C15H22N4. The first-order valence-electron chi connectivity index (χ1n) is 7.07. The molecule has 4 nitrogen and oxygen atoms in total. The molecule has 3 heterocycles. The number of hydrogen-bond acceptors (Lipinski definition) is 3. The van der Waals surface area contributed by atoms with Crippen LogP contribution in [0.4, 0.5) is 0 Å². The Morgan fingerprint density at radius 3 is 2.74 bits per heavy atom. The molecule has 3 rings (SSSR count). The minimum atomic E-state index is 1.03. The first kappa shape index (κ1) is 12.6. The highest BCUT2D eigenvalue weighted by molar-refractivity contribution is 5.47. The van der Waals surface area contributed by atoms with Crippen LogP contribution in [0.25, 0.3) is 5.52 Å². The van der Waals surface area contributed by atoms with E-state index in [2.05, 4.69) is 51.4 Å². The number of piperazine rings is 1. The summed E-state index contributed by atoms with van der Waals surface area (Å²) in [6.07, 6.45) is 3.01. The van der Waals surface area contributed by atoms with Crippen LogP contribution in [0.15, 0.2) is 24.4 Å². The first-order chi connectivity index (χ1) is 9.24. The van der Waals surface area contributed by atoms with Crippen molar-refractivity contribution in [2.75, 3.05) is 39.8 Å². The quantitative estimate of drug-likeness (QED) is 0.832. The summed E-state index contributed by atoms with van der Waals surface area (Å²) in [6, 6.07) is 6.37. The molecule has 0 aliphatic carbocycles. The van der Waals surface area contributed by atoms with Crippen LogP contribution >= 0.6 is 0 Å². The van der Waals surface area contributed by atoms with Gasteiger partial charge in [0.2, 0.25) is 0 Å². The second-order valence-corrected chi connectivity index (χ2v) is 5.50. The van der Waals surface area contributed by atoms with Crippen molar-refractivity contribution in [1.29, 1.82) is 0 Å². The van der Waals surface area contributed by atoms with Crippen molar-refractivity contribution in [3.05, 3.63) is 35.9 Å². The molecule has 0 spiro atoms. The molecule has 0 aromatic carbocycles. The summed E-state index contributed by atoms with van der Waals surface area (Å²) in [5.41, 5.74) is 2.47. The van der Waals surface area contributed by atoms with Crippen LogP contribution in [0.5, 0.6) is 0 Å². The Morgan fingerprint density at radius 2 is 1.95 bits per heavy atom. The molecule has 1 aliphatic rings. The molecule has 0 N–H and O–H groups in total. The van der Waals surface area contributed by atoms with E-state index in [9.17, 15) is 0 Å². The van der Waals surface area contributed by atoms with Crippen molar-refractivity contribution in [2.45, 2.75) is 13.3 Å². The van der Waals surface area contributed by atoms with Gasteiger partial charge in [-0.15, -0.1) is 0 Å². The molecule has 0 atom stereocenters. The number of aromatic nitrogens is 2. The number of fused-ring (bicyclic) bond motifs is 1. The molecular weight excluding hydrogens is 236 g/mol. The number of aryl methyl sites for hydroxylation is 1. The minimum Gasteiger partial charge on any atom is -0.304 e. The number of nitrogens with zero attached hydrogens (tertiary/aromatic N) is 4. The van der Waals surface area contributed by atoms with Crippen molar-refractivity contribution < 1.29 is 0 Å². The van der Waals surface area contributed by atoms with Gasteiger partial charge in [0.1, 0.15) is 5.82 Å². The number of likely N-dealkylation sites (N-methyl/N-ethyl adjacent to an activating group) is 1. The third-order valence-electron chi connectivity index (χ3n) is 4.07. The van der Waals surface area contributed by atoms with Crippen molar-refractivity contribution >= 4 is 5.52 Å². The highest BCUT2D eigenvalue weighted by atomic mass is 15.2. The zero-order chi connectivity index (χ0) is 13.2. The van der Waals surface area contributed by atoms with E-state index in [4.69, 9.17) is 0 Å². The van der Waals surface area contributed by atoms with Gasteiger partial charge in [-0.3, -0.25) is 0 Å². The Balaban J connectivity index is 1.69. The van der Waals surface area contributed by atoms with Gasteiger partial charge in [0.15, 0.2) is 0 Å². The Kier molecular flexibility index (Phi) is 3.53. The average molecular weight is 258 g/mol. The number of pyridine rings is 1. The van der Waals surface area contributed by atoms with Gasteiger partial charge in [-0.05, 0) is 26.1 Å². The smallest absolute Gasteiger partial charge is 0.114 e. The van der Waals surface area contributed by atoms with E-state index in [-0.39, 0.29) is 0 Å². The lowest BCUT2D eigenvalue weighted by atomic mass is 10.3. The van der Waals surface area contributed by atoms with Crippen molar-refractivity contribution in [1.82, 2.24) is 19.2 Å². The third kappa shape index (κ3) is 2.65. The fourth-order valence-electron chi connectivity index (χ4n) is 2.80. The molecule has 0 amide bonds. The second-order valence-electron chi connectivity index (χ2n) is 5.50. The molecule has 1 saturated heterocycles. The van der Waals surface area contributed by atoms with E-state index in [1.165, 1.54) is 43.2 Å². The summed E-state index contributed by atoms with van der Waals surface area (Å²) in [6.45, 7) is 7.98. The molecule has 1 fully saturated rings. The molecule has 2 aromatic heterocycles. The first-order valence-corrected chi connectivity index (χ1v) is 7.07. The van der Waals surface area contributed by atoms with E-state index in [0.717, 1.165) is 13.0 Å². The highest BCUT2D eigenvalue weighted by Crippen LogP contribution is 2.11. The van der Waals surface area contributed by atoms with Gasteiger partial charge in [0, 0.05) is 44.8 Å². The summed E-state index contributed by atoms with van der Waals surface area (Å²) in [5.74, 6) is 1.19. The van der Waals surface area contributed by atoms with E-state index in [1.54, 1.807) is 0 Å². The monoisotopic (exact) mass is 258 g/mol. The zero-order valence-corrected chi connectivity index (χ0v) is 11.8. The molecule has 0 radical (unpaired) electrons. The summed E-state index contributed by atoms with van der Waals surface area (Å²) >= 11 is 0. The van der Waals surface area contributed by atoms with E-state index in [0.29, 0.717) is 0 Å². The lowest BCUT2D eigenvalue weighted by Gasteiger charge is -2.32. The van der Waals surface area contributed by atoms with E-state index in [1.807, 2.05) is 6.20 Å². The predicted molar refractivity (Wildman–Crippen MR) is 77.6 cm³/mol. The SMILES string of the molecule is Cc1cccc2cnc(CCN3CCN(C)CC3)n12. The van der Waals surface area contributed by atoms with Crippen molar-refractivity contribution in [3.8, 4) is 0 Å². The Labute approximate surface area is 114 Å². The van der Waals surface area contributed by atoms with Gasteiger partial charge in [-0.25, -0.2) is 4.98 Å². The lowest BCUT2D eigenvalue weighted by Crippen LogP contribution is -2.45. The van der Waals surface area contributed by atoms with Gasteiger partial charge < -0.3 is 14.2 Å². The number of imidazole rings is 1. The molecule has 2 aromatic rings. The Bertz CT molecular complexity index is 552. The topological polar surface area (TPSA) is 23.8 Å². The molecule has 19 heavy (non-hydrogen) atoms. The summed E-state index contributed by atoms with van der Waals surface area (Å²) < 4.78 is 2.27. The van der Waals surface area contributed by atoms with Crippen LogP contribution in [0.1, 0.15) is 11.5 Å². The molecule has 0 saturated carbocycles. The van der Waals surface area contributed by atoms with Crippen LogP contribution in [0, 0.1) is 6.92 Å². The van der Waals surface area contributed by atoms with E-state index >= 15 is 0 Å². The molecule has 4 heteroatoms. The summed E-state index contributed by atoms with van der Waals surface area (Å²) in [5, 5.41) is 0. The maximum absolute atomic E-state index is 4.58. The summed E-state index contributed by atoms with van der Waals surface area (Å²) in [7, 11) is 2.20. The maximum Gasteiger partial charge on any atom is 0.114 e. The van der Waals surface area contributed by atoms with Crippen LogP contribution in [0.3, 0.4) is 0 Å². The fourth-order valence-corrected chi connectivity index (χ4v) is 2.80. The Hall–Kier alpha value is -1.39. The fraction of sp³-hybridized carbons (Fsp3) is 0.533.